The molecule has 1 fully saturated rings. The molecule has 0 spiro atoms. The van der Waals surface area contributed by atoms with Crippen LogP contribution >= 0.6 is 0 Å². The Kier molecular flexibility index (Phi) is 6.28. The van der Waals surface area contributed by atoms with E-state index >= 15 is 0 Å². The van der Waals surface area contributed by atoms with Gasteiger partial charge in [-0.3, -0.25) is 10.2 Å². The number of imidazole rings is 1. The molecular formula is C22H32N6O. The summed E-state index contributed by atoms with van der Waals surface area (Å²) in [6.07, 6.45) is 5.50. The smallest absolute Gasteiger partial charge is 0.152 e. The van der Waals surface area contributed by atoms with Gasteiger partial charge in [-0.1, -0.05) is 31.5 Å². The molecular weight excluding hydrogens is 364 g/mol. The molecule has 29 heavy (non-hydrogen) atoms. The van der Waals surface area contributed by atoms with Crippen LogP contribution in [0.1, 0.15) is 38.4 Å². The lowest BCUT2D eigenvalue weighted by Crippen LogP contribution is -2.37. The molecule has 0 radical (unpaired) electrons. The number of fused-ring (bicyclic) bond motifs is 3. The van der Waals surface area contributed by atoms with Crippen LogP contribution in [0.15, 0.2) is 24.3 Å². The number of pyridine rings is 1. The van der Waals surface area contributed by atoms with E-state index in [2.05, 4.69) is 39.0 Å². The van der Waals surface area contributed by atoms with Crippen molar-refractivity contribution < 1.29 is 4.84 Å². The fourth-order valence-corrected chi connectivity index (χ4v) is 4.26. The Morgan fingerprint density at radius 2 is 2.00 bits per heavy atom. The zero-order chi connectivity index (χ0) is 20.2. The van der Waals surface area contributed by atoms with E-state index in [0.29, 0.717) is 18.5 Å². The van der Waals surface area contributed by atoms with E-state index in [0.717, 1.165) is 79.5 Å². The number of aromatic nitrogens is 3. The number of piperidine rings is 1. The summed E-state index contributed by atoms with van der Waals surface area (Å²) in [6.45, 7) is 5.69. The number of unbranched alkanes of at least 4 members (excludes halogenated alkanes) is 1. The SMILES string of the molecule is CCCCc1nc2c(N)nc3ccccc3c2n1CC1CCN(OCNC)CC1. The minimum absolute atomic E-state index is 0.533. The quantitative estimate of drug-likeness (QED) is 0.569. The number of para-hydroxylation sites is 1. The number of nitrogens with two attached hydrogens (primary N) is 1. The van der Waals surface area contributed by atoms with Crippen molar-refractivity contribution in [3.63, 3.8) is 0 Å². The summed E-state index contributed by atoms with van der Waals surface area (Å²) in [5.74, 6) is 2.28. The number of nitrogens with one attached hydrogen (secondary N) is 1. The van der Waals surface area contributed by atoms with Gasteiger partial charge in [0.25, 0.3) is 0 Å². The molecule has 0 unspecified atom stereocenters. The van der Waals surface area contributed by atoms with Crippen LogP contribution in [0.3, 0.4) is 0 Å². The number of hydroxylamine groups is 2. The molecule has 3 N–H and O–H groups in total. The van der Waals surface area contributed by atoms with Gasteiger partial charge in [-0.25, -0.2) is 9.97 Å². The van der Waals surface area contributed by atoms with Crippen molar-refractivity contribution >= 4 is 27.8 Å². The van der Waals surface area contributed by atoms with E-state index in [-0.39, 0.29) is 0 Å². The van der Waals surface area contributed by atoms with E-state index < -0.39 is 0 Å². The maximum Gasteiger partial charge on any atom is 0.152 e. The topological polar surface area (TPSA) is 81.2 Å². The van der Waals surface area contributed by atoms with Gasteiger partial charge in [0.05, 0.1) is 11.0 Å². The third kappa shape index (κ3) is 4.22. The number of nitrogens with zero attached hydrogens (tertiary/aromatic N) is 4. The first-order valence-corrected chi connectivity index (χ1v) is 10.8. The molecule has 7 nitrogen and oxygen atoms in total. The van der Waals surface area contributed by atoms with Crippen molar-refractivity contribution in [2.45, 2.75) is 45.6 Å². The average Bonchev–Trinajstić information content (AvgIpc) is 3.11. The lowest BCUT2D eigenvalue weighted by Gasteiger charge is -2.31. The monoisotopic (exact) mass is 396 g/mol. The van der Waals surface area contributed by atoms with E-state index in [1.54, 1.807) is 0 Å². The van der Waals surface area contributed by atoms with Gasteiger partial charge in [0, 0.05) is 31.4 Å². The Morgan fingerprint density at radius 3 is 2.76 bits per heavy atom. The number of rotatable bonds is 8. The molecule has 3 heterocycles. The van der Waals surface area contributed by atoms with E-state index in [9.17, 15) is 0 Å². The standard InChI is InChI=1S/C22H32N6O/c1-3-4-9-19-26-20-21(17-7-5-6-8-18(17)25-22(20)23)28(19)14-16-10-12-27(13-11-16)29-15-24-2/h5-8,16,24H,3-4,9-15H2,1-2H3,(H2,23,25). The highest BCUT2D eigenvalue weighted by Gasteiger charge is 2.23. The van der Waals surface area contributed by atoms with Gasteiger partial charge in [-0.2, -0.15) is 5.06 Å². The summed E-state index contributed by atoms with van der Waals surface area (Å²) in [6, 6.07) is 8.26. The van der Waals surface area contributed by atoms with Crippen LogP contribution in [0.25, 0.3) is 21.9 Å². The average molecular weight is 397 g/mol. The van der Waals surface area contributed by atoms with Crippen molar-refractivity contribution in [3.8, 4) is 0 Å². The van der Waals surface area contributed by atoms with E-state index in [4.69, 9.17) is 15.6 Å². The summed E-state index contributed by atoms with van der Waals surface area (Å²) in [7, 11) is 1.90. The second-order valence-corrected chi connectivity index (χ2v) is 7.95. The summed E-state index contributed by atoms with van der Waals surface area (Å²) >= 11 is 0. The van der Waals surface area contributed by atoms with Gasteiger partial charge in [-0.05, 0) is 38.3 Å². The molecule has 4 rings (SSSR count). The molecule has 0 bridgehead atoms. The molecule has 2 aromatic heterocycles. The number of aryl methyl sites for hydroxylation is 1. The largest absolute Gasteiger partial charge is 0.382 e. The lowest BCUT2D eigenvalue weighted by atomic mass is 9.97. The fraction of sp³-hybridized carbons (Fsp3) is 0.545. The third-order valence-electron chi connectivity index (χ3n) is 5.85. The Labute approximate surface area is 172 Å². The van der Waals surface area contributed by atoms with Gasteiger partial charge < -0.3 is 10.3 Å². The summed E-state index contributed by atoms with van der Waals surface area (Å²) in [4.78, 5) is 15.3. The number of hydrogen-bond acceptors (Lipinski definition) is 6. The van der Waals surface area contributed by atoms with Crippen LogP contribution < -0.4 is 11.1 Å². The molecule has 3 aromatic rings. The van der Waals surface area contributed by atoms with Crippen molar-refractivity contribution in [2.75, 3.05) is 32.6 Å². The summed E-state index contributed by atoms with van der Waals surface area (Å²) < 4.78 is 2.43. The van der Waals surface area contributed by atoms with Gasteiger partial charge in [0.2, 0.25) is 0 Å². The second-order valence-electron chi connectivity index (χ2n) is 7.95. The zero-order valence-corrected chi connectivity index (χ0v) is 17.5. The fourth-order valence-electron chi connectivity index (χ4n) is 4.26. The van der Waals surface area contributed by atoms with Gasteiger partial charge >= 0.3 is 0 Å². The molecule has 1 aliphatic heterocycles. The number of nitrogen functional groups attached to an aromatic ring is 1. The van der Waals surface area contributed by atoms with Crippen molar-refractivity contribution in [1.82, 2.24) is 24.9 Å². The summed E-state index contributed by atoms with van der Waals surface area (Å²) in [5, 5.41) is 6.26. The number of anilines is 1. The Bertz CT molecular complexity index is 961. The molecule has 0 saturated carbocycles. The highest BCUT2D eigenvalue weighted by atomic mass is 16.7. The lowest BCUT2D eigenvalue weighted by molar-refractivity contribution is -0.178. The zero-order valence-electron chi connectivity index (χ0n) is 17.5. The van der Waals surface area contributed by atoms with Crippen LogP contribution in [-0.4, -0.2) is 46.5 Å². The molecule has 1 aromatic carbocycles. The first-order chi connectivity index (χ1) is 14.2. The molecule has 1 saturated heterocycles. The van der Waals surface area contributed by atoms with Gasteiger partial charge in [-0.15, -0.1) is 0 Å². The second kappa shape index (κ2) is 9.07. The van der Waals surface area contributed by atoms with Crippen LogP contribution in [0, 0.1) is 5.92 Å². The molecule has 7 heteroatoms. The van der Waals surface area contributed by atoms with Crippen LogP contribution in [0.4, 0.5) is 5.82 Å². The minimum Gasteiger partial charge on any atom is -0.382 e. The Hall–Kier alpha value is -2.22. The van der Waals surface area contributed by atoms with Crippen molar-refractivity contribution in [1.29, 1.82) is 0 Å². The van der Waals surface area contributed by atoms with Crippen LogP contribution in [-0.2, 0) is 17.8 Å². The van der Waals surface area contributed by atoms with Crippen LogP contribution in [0.5, 0.6) is 0 Å². The van der Waals surface area contributed by atoms with Gasteiger partial charge in [0.1, 0.15) is 18.1 Å². The number of hydrogen-bond donors (Lipinski definition) is 2. The molecule has 0 aliphatic carbocycles. The van der Waals surface area contributed by atoms with Crippen LogP contribution in [0.2, 0.25) is 0 Å². The van der Waals surface area contributed by atoms with Gasteiger partial charge in [0.15, 0.2) is 5.82 Å². The molecule has 156 valence electrons. The highest BCUT2D eigenvalue weighted by molar-refractivity contribution is 6.06. The predicted octanol–water partition coefficient (Wildman–Crippen LogP) is 3.33. The molecule has 1 aliphatic rings. The normalized spacial score (nSPS) is 16.2. The Morgan fingerprint density at radius 1 is 1.21 bits per heavy atom. The maximum absolute atomic E-state index is 6.31. The molecule has 0 amide bonds. The first-order valence-electron chi connectivity index (χ1n) is 10.8. The molecule has 0 atom stereocenters. The number of benzene rings is 1. The minimum atomic E-state index is 0.533. The summed E-state index contributed by atoms with van der Waals surface area (Å²) in [5.41, 5.74) is 9.25. The maximum atomic E-state index is 6.31. The Balaban J connectivity index is 1.66. The third-order valence-corrected chi connectivity index (χ3v) is 5.85. The van der Waals surface area contributed by atoms with Crippen molar-refractivity contribution in [3.05, 3.63) is 30.1 Å². The van der Waals surface area contributed by atoms with Crippen molar-refractivity contribution in [2.24, 2.45) is 5.92 Å². The van der Waals surface area contributed by atoms with E-state index in [1.807, 2.05) is 19.2 Å². The first kappa shape index (κ1) is 20.1. The highest BCUT2D eigenvalue weighted by Crippen LogP contribution is 2.31. The van der Waals surface area contributed by atoms with E-state index in [1.165, 1.54) is 0 Å². The predicted molar refractivity (Wildman–Crippen MR) is 117 cm³/mol.